The fourth-order valence-corrected chi connectivity index (χ4v) is 6.97. The van der Waals surface area contributed by atoms with Crippen LogP contribution in [0.3, 0.4) is 0 Å². The molecule has 1 atom stereocenters. The van der Waals surface area contributed by atoms with E-state index in [2.05, 4.69) is 118 Å². The van der Waals surface area contributed by atoms with Crippen molar-refractivity contribution < 1.29 is 28.6 Å². The van der Waals surface area contributed by atoms with Crippen molar-refractivity contribution in [2.24, 2.45) is 0 Å². The van der Waals surface area contributed by atoms with Crippen molar-refractivity contribution in [2.75, 3.05) is 13.2 Å². The third-order valence-corrected chi connectivity index (χ3v) is 11.0. The van der Waals surface area contributed by atoms with Gasteiger partial charge in [0.05, 0.1) is 0 Å². The predicted molar refractivity (Wildman–Crippen MR) is 279 cm³/mol. The lowest BCUT2D eigenvalue weighted by molar-refractivity contribution is -0.167. The van der Waals surface area contributed by atoms with Crippen LogP contribution in [-0.4, -0.2) is 37.2 Å². The van der Waals surface area contributed by atoms with Crippen LogP contribution in [0.25, 0.3) is 0 Å². The van der Waals surface area contributed by atoms with Gasteiger partial charge in [-0.3, -0.25) is 14.4 Å². The smallest absolute Gasteiger partial charge is 0.306 e. The van der Waals surface area contributed by atoms with Gasteiger partial charge in [0.1, 0.15) is 13.2 Å². The summed E-state index contributed by atoms with van der Waals surface area (Å²) in [5.41, 5.74) is 0. The topological polar surface area (TPSA) is 78.9 Å². The molecule has 1 unspecified atom stereocenters. The molecule has 0 fully saturated rings. The Bertz CT molecular complexity index is 1310. The molecule has 6 nitrogen and oxygen atoms in total. The Hall–Kier alpha value is -3.67. The van der Waals surface area contributed by atoms with E-state index in [9.17, 15) is 14.4 Å². The Balaban J connectivity index is 4.58. The van der Waals surface area contributed by atoms with Crippen molar-refractivity contribution in [3.8, 4) is 0 Å². The van der Waals surface area contributed by atoms with Gasteiger partial charge >= 0.3 is 17.9 Å². The number of allylic oxidation sites excluding steroid dienone is 16. The van der Waals surface area contributed by atoms with Gasteiger partial charge in [-0.25, -0.2) is 0 Å². The summed E-state index contributed by atoms with van der Waals surface area (Å²) < 4.78 is 16.7. The number of rotatable bonds is 47. The predicted octanol–water partition coefficient (Wildman–Crippen LogP) is 17.8. The fourth-order valence-electron chi connectivity index (χ4n) is 6.97. The number of esters is 3. The third-order valence-electron chi connectivity index (χ3n) is 11.0. The number of ether oxygens (including phenoxy) is 3. The molecule has 0 heterocycles. The van der Waals surface area contributed by atoms with E-state index in [0.717, 1.165) is 77.0 Å². The number of carbonyl (C=O) groups is 3. The van der Waals surface area contributed by atoms with Gasteiger partial charge in [-0.1, -0.05) is 201 Å². The van der Waals surface area contributed by atoms with E-state index in [0.29, 0.717) is 19.3 Å². The molecule has 65 heavy (non-hydrogen) atoms. The van der Waals surface area contributed by atoms with Gasteiger partial charge in [0.15, 0.2) is 6.10 Å². The van der Waals surface area contributed by atoms with Crippen molar-refractivity contribution in [3.05, 3.63) is 97.2 Å². The molecule has 0 aliphatic rings. The lowest BCUT2D eigenvalue weighted by Gasteiger charge is -2.18. The first-order valence-corrected chi connectivity index (χ1v) is 26.7. The van der Waals surface area contributed by atoms with E-state index in [1.54, 1.807) is 0 Å². The maximum Gasteiger partial charge on any atom is 0.306 e. The van der Waals surface area contributed by atoms with Crippen molar-refractivity contribution in [2.45, 2.75) is 245 Å². The number of carbonyl (C=O) groups excluding carboxylic acids is 3. The Morgan fingerprint density at radius 3 is 0.969 bits per heavy atom. The second-order valence-electron chi connectivity index (χ2n) is 17.4. The molecule has 0 bridgehead atoms. The average molecular weight is 903 g/mol. The van der Waals surface area contributed by atoms with Crippen LogP contribution in [0.15, 0.2) is 97.2 Å². The summed E-state index contributed by atoms with van der Waals surface area (Å²) in [6, 6.07) is 0. The molecule has 0 aromatic heterocycles. The van der Waals surface area contributed by atoms with Gasteiger partial charge in [-0.15, -0.1) is 0 Å². The molecule has 0 aromatic carbocycles. The average Bonchev–Trinajstić information content (AvgIpc) is 3.30. The Labute approximate surface area is 400 Å². The standard InChI is InChI=1S/C59H98O6/c1-4-7-10-13-16-19-22-25-27-29-31-34-37-40-43-46-49-52-58(61)64-55-56(54-63-57(60)51-48-45-42-39-36-33-24-21-18-15-12-9-6-3)65-59(62)53-50-47-44-41-38-35-32-30-28-26-23-20-17-14-11-8-5-2/h16,19,25-28,31-36,40-41,43-44,56H,4-15,17-18,20-24,29-30,37-39,42,45-55H2,1-3H3/b19-16-,27-25-,28-26-,34-31-,35-32-,36-33-,43-40-,44-41-. The van der Waals surface area contributed by atoms with Crippen LogP contribution >= 0.6 is 0 Å². The molecule has 0 saturated heterocycles. The minimum atomic E-state index is -0.832. The normalized spacial score (nSPS) is 12.8. The minimum Gasteiger partial charge on any atom is -0.462 e. The van der Waals surface area contributed by atoms with Crippen LogP contribution in [0.4, 0.5) is 0 Å². The van der Waals surface area contributed by atoms with E-state index in [1.807, 2.05) is 0 Å². The van der Waals surface area contributed by atoms with E-state index < -0.39 is 6.10 Å². The zero-order chi connectivity index (χ0) is 47.2. The van der Waals surface area contributed by atoms with Gasteiger partial charge in [-0.05, 0) is 116 Å². The Morgan fingerprint density at radius 1 is 0.308 bits per heavy atom. The quantitative estimate of drug-likeness (QED) is 0.0262. The zero-order valence-electron chi connectivity index (χ0n) is 42.2. The van der Waals surface area contributed by atoms with Crippen molar-refractivity contribution in [3.63, 3.8) is 0 Å². The summed E-state index contributed by atoms with van der Waals surface area (Å²) in [5.74, 6) is -1.05. The number of hydrogen-bond donors (Lipinski definition) is 0. The summed E-state index contributed by atoms with van der Waals surface area (Å²) in [7, 11) is 0. The molecule has 370 valence electrons. The van der Waals surface area contributed by atoms with Crippen molar-refractivity contribution in [1.82, 2.24) is 0 Å². The summed E-state index contributed by atoms with van der Waals surface area (Å²) >= 11 is 0. The molecule has 0 aliphatic heterocycles. The van der Waals surface area contributed by atoms with Crippen molar-refractivity contribution in [1.29, 1.82) is 0 Å². The van der Waals surface area contributed by atoms with Crippen LogP contribution < -0.4 is 0 Å². The molecule has 0 radical (unpaired) electrons. The lowest BCUT2D eigenvalue weighted by Crippen LogP contribution is -2.30. The van der Waals surface area contributed by atoms with Crippen LogP contribution in [0.5, 0.6) is 0 Å². The zero-order valence-corrected chi connectivity index (χ0v) is 42.2. The second kappa shape index (κ2) is 52.9. The van der Waals surface area contributed by atoms with E-state index in [1.165, 1.54) is 109 Å². The van der Waals surface area contributed by atoms with Crippen molar-refractivity contribution >= 4 is 17.9 Å². The third kappa shape index (κ3) is 51.2. The molecule has 0 aliphatic carbocycles. The highest BCUT2D eigenvalue weighted by atomic mass is 16.6. The Kier molecular flexibility index (Phi) is 50.0. The molecule has 0 rings (SSSR count). The molecule has 0 saturated carbocycles. The van der Waals surface area contributed by atoms with Gasteiger partial charge < -0.3 is 14.2 Å². The van der Waals surface area contributed by atoms with Gasteiger partial charge in [0, 0.05) is 19.3 Å². The van der Waals surface area contributed by atoms with E-state index >= 15 is 0 Å². The van der Waals surface area contributed by atoms with Crippen LogP contribution in [0, 0.1) is 0 Å². The number of unbranched alkanes of at least 4 members (excludes halogenated alkanes) is 20. The van der Waals surface area contributed by atoms with Gasteiger partial charge in [-0.2, -0.15) is 0 Å². The van der Waals surface area contributed by atoms with E-state index in [-0.39, 0.29) is 44.0 Å². The highest BCUT2D eigenvalue weighted by molar-refractivity contribution is 5.71. The minimum absolute atomic E-state index is 0.123. The second-order valence-corrected chi connectivity index (χ2v) is 17.4. The summed E-state index contributed by atoms with van der Waals surface area (Å²) in [6.45, 7) is 6.48. The molecule has 0 aromatic rings. The molecule has 0 amide bonds. The highest BCUT2D eigenvalue weighted by Crippen LogP contribution is 2.12. The molecule has 0 spiro atoms. The summed E-state index contributed by atoms with van der Waals surface area (Å²) in [4.78, 5) is 38.0. The van der Waals surface area contributed by atoms with Crippen LogP contribution in [0.1, 0.15) is 239 Å². The first-order valence-electron chi connectivity index (χ1n) is 26.7. The van der Waals surface area contributed by atoms with E-state index in [4.69, 9.17) is 14.2 Å². The maximum absolute atomic E-state index is 12.8. The first kappa shape index (κ1) is 61.3. The van der Waals surface area contributed by atoms with Gasteiger partial charge in [0.2, 0.25) is 0 Å². The Morgan fingerprint density at radius 2 is 0.569 bits per heavy atom. The largest absolute Gasteiger partial charge is 0.462 e. The monoisotopic (exact) mass is 903 g/mol. The van der Waals surface area contributed by atoms with Crippen LogP contribution in [0.2, 0.25) is 0 Å². The molecule has 0 N–H and O–H groups in total. The van der Waals surface area contributed by atoms with Gasteiger partial charge in [0.25, 0.3) is 0 Å². The summed E-state index contributed by atoms with van der Waals surface area (Å²) in [6.07, 6.45) is 69.7. The lowest BCUT2D eigenvalue weighted by atomic mass is 10.1. The summed E-state index contributed by atoms with van der Waals surface area (Å²) in [5, 5.41) is 0. The van der Waals surface area contributed by atoms with Crippen LogP contribution in [-0.2, 0) is 28.6 Å². The first-order chi connectivity index (χ1) is 32.0. The fraction of sp³-hybridized carbons (Fsp3) is 0.678. The molecular formula is C59H98O6. The maximum atomic E-state index is 12.8. The SMILES string of the molecule is CCCCC/C=C\C/C=C\C/C=C\C/C=C\CCCC(=O)OCC(COC(=O)CCCCC/C=C\CCCCCCCC)OC(=O)CCC/C=C\C/C=C\C/C=C\CCCCCCCC. The number of hydrogen-bond acceptors (Lipinski definition) is 6. The highest BCUT2D eigenvalue weighted by Gasteiger charge is 2.19. The molecule has 6 heteroatoms. The molecular weight excluding hydrogens is 805 g/mol.